The Labute approximate surface area is 85.7 Å². The summed E-state index contributed by atoms with van der Waals surface area (Å²) in [6.07, 6.45) is 1.49. The lowest BCUT2D eigenvalue weighted by molar-refractivity contribution is 0.103. The Kier molecular flexibility index (Phi) is 2.37. The van der Waals surface area contributed by atoms with Crippen molar-refractivity contribution < 1.29 is 4.79 Å². The normalized spacial score (nSPS) is 10.1. The van der Waals surface area contributed by atoms with E-state index in [1.54, 1.807) is 12.1 Å². The smallest absolute Gasteiger partial charge is 0.214 e. The van der Waals surface area contributed by atoms with E-state index in [1.807, 2.05) is 19.1 Å². The fraction of sp³-hybridized carbons (Fsp3) is 0.100. The van der Waals surface area contributed by atoms with Crippen LogP contribution in [0.2, 0.25) is 0 Å². The second-order valence-corrected chi connectivity index (χ2v) is 3.54. The van der Waals surface area contributed by atoms with Crippen LogP contribution in [0.4, 0.5) is 0 Å². The average Bonchev–Trinajstić information content (AvgIpc) is 2.71. The summed E-state index contributed by atoms with van der Waals surface area (Å²) in [5.41, 5.74) is 2.21. The zero-order valence-electron chi connectivity index (χ0n) is 7.60. The quantitative estimate of drug-likeness (QED) is 0.703. The highest BCUT2D eigenvalue weighted by Gasteiger charge is 2.10. The highest BCUT2D eigenvalue weighted by Crippen LogP contribution is 2.09. The van der Waals surface area contributed by atoms with E-state index in [2.05, 4.69) is 8.75 Å². The SMILES string of the molecule is Cc1ccc(C(=O)c2cnsn2)cc1. The summed E-state index contributed by atoms with van der Waals surface area (Å²) in [5, 5.41) is 0. The molecule has 0 radical (unpaired) electrons. The van der Waals surface area contributed by atoms with Crippen molar-refractivity contribution in [3.05, 3.63) is 47.3 Å². The van der Waals surface area contributed by atoms with Gasteiger partial charge in [0.25, 0.3) is 0 Å². The second kappa shape index (κ2) is 3.67. The maximum atomic E-state index is 11.7. The lowest BCUT2D eigenvalue weighted by atomic mass is 10.1. The van der Waals surface area contributed by atoms with Gasteiger partial charge in [-0.05, 0) is 6.92 Å². The third-order valence-corrected chi connectivity index (χ3v) is 2.39. The van der Waals surface area contributed by atoms with Crippen molar-refractivity contribution in [2.45, 2.75) is 6.92 Å². The number of aryl methyl sites for hydroxylation is 1. The van der Waals surface area contributed by atoms with Crippen LogP contribution in [0, 0.1) is 6.92 Å². The van der Waals surface area contributed by atoms with Crippen LogP contribution in [0.1, 0.15) is 21.6 Å². The molecule has 2 aromatic rings. The Morgan fingerprint density at radius 1 is 1.29 bits per heavy atom. The number of ketones is 1. The van der Waals surface area contributed by atoms with Crippen LogP contribution < -0.4 is 0 Å². The zero-order valence-corrected chi connectivity index (χ0v) is 8.41. The van der Waals surface area contributed by atoms with E-state index in [0.29, 0.717) is 11.3 Å². The molecule has 2 rings (SSSR count). The number of rotatable bonds is 2. The highest BCUT2D eigenvalue weighted by atomic mass is 32.1. The molecule has 0 aliphatic heterocycles. The van der Waals surface area contributed by atoms with E-state index in [0.717, 1.165) is 17.3 Å². The molecule has 0 spiro atoms. The van der Waals surface area contributed by atoms with Gasteiger partial charge >= 0.3 is 0 Å². The molecular weight excluding hydrogens is 196 g/mol. The summed E-state index contributed by atoms with van der Waals surface area (Å²) in [6, 6.07) is 7.42. The van der Waals surface area contributed by atoms with Crippen molar-refractivity contribution in [3.8, 4) is 0 Å². The molecule has 0 fully saturated rings. The Hall–Kier alpha value is -1.55. The molecule has 0 atom stereocenters. The Balaban J connectivity index is 2.33. The van der Waals surface area contributed by atoms with Crippen LogP contribution in [-0.2, 0) is 0 Å². The van der Waals surface area contributed by atoms with Gasteiger partial charge in [0, 0.05) is 5.56 Å². The van der Waals surface area contributed by atoms with Gasteiger partial charge < -0.3 is 0 Å². The molecule has 1 heterocycles. The van der Waals surface area contributed by atoms with Crippen molar-refractivity contribution >= 4 is 17.5 Å². The van der Waals surface area contributed by atoms with Crippen LogP contribution in [0.25, 0.3) is 0 Å². The largest absolute Gasteiger partial charge is 0.287 e. The highest BCUT2D eigenvalue weighted by molar-refractivity contribution is 6.99. The first kappa shape index (κ1) is 9.02. The summed E-state index contributed by atoms with van der Waals surface area (Å²) in [7, 11) is 0. The topological polar surface area (TPSA) is 42.9 Å². The molecule has 1 aromatic heterocycles. The minimum absolute atomic E-state index is 0.0706. The van der Waals surface area contributed by atoms with Gasteiger partial charge in [-0.3, -0.25) is 4.79 Å². The van der Waals surface area contributed by atoms with E-state index < -0.39 is 0 Å². The summed E-state index contributed by atoms with van der Waals surface area (Å²) in [4.78, 5) is 11.7. The molecule has 1 aromatic carbocycles. The van der Waals surface area contributed by atoms with E-state index >= 15 is 0 Å². The van der Waals surface area contributed by atoms with Gasteiger partial charge in [-0.15, -0.1) is 0 Å². The van der Waals surface area contributed by atoms with E-state index in [1.165, 1.54) is 6.20 Å². The van der Waals surface area contributed by atoms with Gasteiger partial charge in [0.1, 0.15) is 5.69 Å². The number of hydrogen-bond acceptors (Lipinski definition) is 4. The Bertz CT molecular complexity index is 434. The minimum Gasteiger partial charge on any atom is -0.287 e. The average molecular weight is 204 g/mol. The number of aromatic nitrogens is 2. The Morgan fingerprint density at radius 3 is 2.57 bits per heavy atom. The van der Waals surface area contributed by atoms with Crippen LogP contribution in [0.15, 0.2) is 30.5 Å². The van der Waals surface area contributed by atoms with Crippen molar-refractivity contribution in [2.24, 2.45) is 0 Å². The van der Waals surface area contributed by atoms with Crippen LogP contribution in [0.3, 0.4) is 0 Å². The number of nitrogens with zero attached hydrogens (tertiary/aromatic N) is 2. The molecule has 4 heteroatoms. The molecule has 0 bridgehead atoms. The maximum absolute atomic E-state index is 11.7. The number of hydrogen-bond donors (Lipinski definition) is 0. The second-order valence-electron chi connectivity index (χ2n) is 2.99. The van der Waals surface area contributed by atoms with Gasteiger partial charge in [0.15, 0.2) is 0 Å². The summed E-state index contributed by atoms with van der Waals surface area (Å²) in [6.45, 7) is 1.98. The van der Waals surface area contributed by atoms with Crippen LogP contribution in [-0.4, -0.2) is 14.5 Å². The minimum atomic E-state index is -0.0706. The first-order valence-electron chi connectivity index (χ1n) is 4.16. The molecule has 14 heavy (non-hydrogen) atoms. The summed E-state index contributed by atoms with van der Waals surface area (Å²) >= 11 is 1.04. The molecular formula is C10H8N2OS. The third kappa shape index (κ3) is 1.70. The van der Waals surface area contributed by atoms with Gasteiger partial charge in [-0.1, -0.05) is 29.8 Å². The third-order valence-electron chi connectivity index (χ3n) is 1.91. The molecule has 70 valence electrons. The fourth-order valence-corrected chi connectivity index (χ4v) is 1.53. The van der Waals surface area contributed by atoms with Gasteiger partial charge in [0.05, 0.1) is 17.9 Å². The molecule has 0 N–H and O–H groups in total. The number of carbonyl (C=O) groups is 1. The molecule has 0 aliphatic rings. The van der Waals surface area contributed by atoms with Gasteiger partial charge in [0.2, 0.25) is 5.78 Å². The van der Waals surface area contributed by atoms with Crippen molar-refractivity contribution in [1.29, 1.82) is 0 Å². The van der Waals surface area contributed by atoms with Crippen molar-refractivity contribution in [2.75, 3.05) is 0 Å². The molecule has 0 unspecified atom stereocenters. The van der Waals surface area contributed by atoms with E-state index in [-0.39, 0.29) is 5.78 Å². The predicted octanol–water partition coefficient (Wildman–Crippen LogP) is 2.08. The summed E-state index contributed by atoms with van der Waals surface area (Å²) in [5.74, 6) is -0.0706. The van der Waals surface area contributed by atoms with E-state index in [4.69, 9.17) is 0 Å². The van der Waals surface area contributed by atoms with Gasteiger partial charge in [-0.25, -0.2) is 0 Å². The predicted molar refractivity (Wildman–Crippen MR) is 54.5 cm³/mol. The Morgan fingerprint density at radius 2 is 2.00 bits per heavy atom. The first-order chi connectivity index (χ1) is 6.77. The van der Waals surface area contributed by atoms with Crippen molar-refractivity contribution in [3.63, 3.8) is 0 Å². The lowest BCUT2D eigenvalue weighted by Crippen LogP contribution is -2.00. The van der Waals surface area contributed by atoms with Gasteiger partial charge in [-0.2, -0.15) is 8.75 Å². The lowest BCUT2D eigenvalue weighted by Gasteiger charge is -1.96. The van der Waals surface area contributed by atoms with E-state index in [9.17, 15) is 4.79 Å². The van der Waals surface area contributed by atoms with Crippen molar-refractivity contribution in [1.82, 2.24) is 8.75 Å². The molecule has 0 amide bonds. The maximum Gasteiger partial charge on any atom is 0.214 e. The molecule has 0 saturated carbocycles. The molecule has 0 aliphatic carbocycles. The molecule has 0 saturated heterocycles. The number of carbonyl (C=O) groups excluding carboxylic acids is 1. The first-order valence-corrected chi connectivity index (χ1v) is 4.89. The molecule has 3 nitrogen and oxygen atoms in total. The zero-order chi connectivity index (χ0) is 9.97. The number of benzene rings is 1. The standard InChI is InChI=1S/C10H8N2OS/c1-7-2-4-8(5-3-7)10(13)9-6-11-14-12-9/h2-6H,1H3. The monoisotopic (exact) mass is 204 g/mol. The van der Waals surface area contributed by atoms with Crippen LogP contribution >= 0.6 is 11.7 Å². The van der Waals surface area contributed by atoms with Crippen LogP contribution in [0.5, 0.6) is 0 Å². The summed E-state index contributed by atoms with van der Waals surface area (Å²) < 4.78 is 7.69. The fourth-order valence-electron chi connectivity index (χ4n) is 1.12.